The third-order valence-electron chi connectivity index (χ3n) is 4.48. The van der Waals surface area contributed by atoms with Gasteiger partial charge in [-0.1, -0.05) is 32.0 Å². The number of hydrogen-bond acceptors (Lipinski definition) is 4. The van der Waals surface area contributed by atoms with Gasteiger partial charge in [-0.05, 0) is 30.9 Å². The largest absolute Gasteiger partial charge is 0.484 e. The van der Waals surface area contributed by atoms with Crippen molar-refractivity contribution in [2.24, 2.45) is 11.8 Å². The Morgan fingerprint density at radius 2 is 1.96 bits per heavy atom. The number of piperidine rings is 1. The fraction of sp³-hybridized carbons (Fsp3) is 0.526. The molecule has 1 heterocycles. The summed E-state index contributed by atoms with van der Waals surface area (Å²) in [6.45, 7) is 4.27. The van der Waals surface area contributed by atoms with Gasteiger partial charge in [-0.2, -0.15) is 0 Å². The van der Waals surface area contributed by atoms with Gasteiger partial charge in [0.25, 0.3) is 5.91 Å². The fourth-order valence-corrected chi connectivity index (χ4v) is 2.96. The third kappa shape index (κ3) is 5.47. The number of amides is 2. The lowest BCUT2D eigenvalue weighted by atomic mass is 9.95. The van der Waals surface area contributed by atoms with Crippen molar-refractivity contribution in [3.63, 3.8) is 0 Å². The SMILES string of the molecule is CC(C)C(NC(=O)C1CCCN(C(=O)COc2ccccc2)C1)C(=O)O. The van der Waals surface area contributed by atoms with Gasteiger partial charge < -0.3 is 20.1 Å². The minimum atomic E-state index is -1.05. The number of ether oxygens (including phenoxy) is 1. The van der Waals surface area contributed by atoms with Gasteiger partial charge in [0.15, 0.2) is 6.61 Å². The van der Waals surface area contributed by atoms with Crippen molar-refractivity contribution in [3.8, 4) is 5.75 Å². The molecule has 1 aromatic carbocycles. The van der Waals surface area contributed by atoms with Crippen molar-refractivity contribution in [2.45, 2.75) is 32.7 Å². The summed E-state index contributed by atoms with van der Waals surface area (Å²) < 4.78 is 5.47. The molecule has 1 aliphatic heterocycles. The molecule has 2 amide bonds. The molecular weight excluding hydrogens is 336 g/mol. The molecule has 0 spiro atoms. The molecule has 1 fully saturated rings. The highest BCUT2D eigenvalue weighted by Crippen LogP contribution is 2.18. The van der Waals surface area contributed by atoms with Crippen molar-refractivity contribution < 1.29 is 24.2 Å². The predicted octanol–water partition coefficient (Wildman–Crippen LogP) is 1.53. The number of carbonyl (C=O) groups excluding carboxylic acids is 2. The second-order valence-electron chi connectivity index (χ2n) is 6.85. The Labute approximate surface area is 153 Å². The standard InChI is InChI=1S/C19H26N2O5/c1-13(2)17(19(24)25)20-18(23)14-7-6-10-21(11-14)16(22)12-26-15-8-4-3-5-9-15/h3-5,8-9,13-14,17H,6-7,10-12H2,1-2H3,(H,20,23)(H,24,25). The number of carboxylic acids is 1. The maximum absolute atomic E-state index is 12.4. The Bertz CT molecular complexity index is 632. The molecule has 142 valence electrons. The number of hydrogen-bond donors (Lipinski definition) is 2. The number of para-hydroxylation sites is 1. The number of carboxylic acid groups (broad SMARTS) is 1. The monoisotopic (exact) mass is 362 g/mol. The molecule has 2 atom stereocenters. The number of aliphatic carboxylic acids is 1. The molecule has 0 bridgehead atoms. The molecule has 1 aliphatic rings. The molecule has 0 saturated carbocycles. The number of rotatable bonds is 7. The van der Waals surface area contributed by atoms with Crippen LogP contribution in [0.3, 0.4) is 0 Å². The summed E-state index contributed by atoms with van der Waals surface area (Å²) in [7, 11) is 0. The highest BCUT2D eigenvalue weighted by atomic mass is 16.5. The van der Waals surface area contributed by atoms with Crippen molar-refractivity contribution in [1.29, 1.82) is 0 Å². The van der Waals surface area contributed by atoms with Gasteiger partial charge in [0.05, 0.1) is 5.92 Å². The summed E-state index contributed by atoms with van der Waals surface area (Å²) in [5.41, 5.74) is 0. The molecule has 7 nitrogen and oxygen atoms in total. The number of carbonyl (C=O) groups is 3. The zero-order valence-electron chi connectivity index (χ0n) is 15.2. The van der Waals surface area contributed by atoms with Crippen LogP contribution in [0.2, 0.25) is 0 Å². The molecular formula is C19H26N2O5. The fourth-order valence-electron chi connectivity index (χ4n) is 2.96. The quantitative estimate of drug-likeness (QED) is 0.767. The first-order valence-electron chi connectivity index (χ1n) is 8.87. The van der Waals surface area contributed by atoms with E-state index in [1.54, 1.807) is 30.9 Å². The van der Waals surface area contributed by atoms with Crippen LogP contribution in [0.5, 0.6) is 5.75 Å². The van der Waals surface area contributed by atoms with Crippen LogP contribution in [-0.4, -0.2) is 53.5 Å². The predicted molar refractivity (Wildman–Crippen MR) is 95.6 cm³/mol. The van der Waals surface area contributed by atoms with E-state index in [1.165, 1.54) is 0 Å². The van der Waals surface area contributed by atoms with Gasteiger partial charge in [-0.25, -0.2) is 4.79 Å². The van der Waals surface area contributed by atoms with Gasteiger partial charge in [0.1, 0.15) is 11.8 Å². The smallest absolute Gasteiger partial charge is 0.326 e. The zero-order chi connectivity index (χ0) is 19.1. The first-order valence-corrected chi connectivity index (χ1v) is 8.87. The van der Waals surface area contributed by atoms with Crippen LogP contribution in [0.25, 0.3) is 0 Å². The Morgan fingerprint density at radius 3 is 2.58 bits per heavy atom. The van der Waals surface area contributed by atoms with Gasteiger partial charge in [0, 0.05) is 13.1 Å². The van der Waals surface area contributed by atoms with Crippen LogP contribution < -0.4 is 10.1 Å². The average Bonchev–Trinajstić information content (AvgIpc) is 2.64. The topological polar surface area (TPSA) is 95.9 Å². The maximum atomic E-state index is 12.4. The van der Waals surface area contributed by atoms with Crippen molar-refractivity contribution in [2.75, 3.05) is 19.7 Å². The number of nitrogens with zero attached hydrogens (tertiary/aromatic N) is 1. The average molecular weight is 362 g/mol. The highest BCUT2D eigenvalue weighted by Gasteiger charge is 2.32. The summed E-state index contributed by atoms with van der Waals surface area (Å²) in [6.07, 6.45) is 1.34. The summed E-state index contributed by atoms with van der Waals surface area (Å²) in [5, 5.41) is 11.8. The van der Waals surface area contributed by atoms with Gasteiger partial charge in [0.2, 0.25) is 5.91 Å². The van der Waals surface area contributed by atoms with E-state index in [4.69, 9.17) is 4.74 Å². The highest BCUT2D eigenvalue weighted by molar-refractivity contribution is 5.86. The molecule has 26 heavy (non-hydrogen) atoms. The van der Waals surface area contributed by atoms with E-state index in [1.807, 2.05) is 18.2 Å². The van der Waals surface area contributed by atoms with E-state index < -0.39 is 17.9 Å². The van der Waals surface area contributed by atoms with Crippen LogP contribution in [0, 0.1) is 11.8 Å². The first kappa shape index (κ1) is 19.8. The third-order valence-corrected chi connectivity index (χ3v) is 4.48. The number of nitrogens with one attached hydrogen (secondary N) is 1. The van der Waals surface area contributed by atoms with Crippen molar-refractivity contribution >= 4 is 17.8 Å². The van der Waals surface area contributed by atoms with E-state index in [0.29, 0.717) is 25.1 Å². The van der Waals surface area contributed by atoms with Crippen molar-refractivity contribution in [3.05, 3.63) is 30.3 Å². The molecule has 2 N–H and O–H groups in total. The second kappa shape index (κ2) is 9.22. The molecule has 0 aliphatic carbocycles. The molecule has 0 aromatic heterocycles. The van der Waals surface area contributed by atoms with Crippen LogP contribution in [0.15, 0.2) is 30.3 Å². The summed E-state index contributed by atoms with van der Waals surface area (Å²) in [5.74, 6) is -1.53. The number of likely N-dealkylation sites (tertiary alicyclic amines) is 1. The van der Waals surface area contributed by atoms with Crippen LogP contribution in [0.1, 0.15) is 26.7 Å². The van der Waals surface area contributed by atoms with E-state index >= 15 is 0 Å². The van der Waals surface area contributed by atoms with Crippen LogP contribution in [0.4, 0.5) is 0 Å². The molecule has 2 unspecified atom stereocenters. The molecule has 2 rings (SSSR count). The van der Waals surface area contributed by atoms with E-state index in [9.17, 15) is 19.5 Å². The van der Waals surface area contributed by atoms with E-state index in [2.05, 4.69) is 5.32 Å². The van der Waals surface area contributed by atoms with E-state index in [0.717, 1.165) is 0 Å². The minimum absolute atomic E-state index is 0.0813. The van der Waals surface area contributed by atoms with E-state index in [-0.39, 0.29) is 30.9 Å². The van der Waals surface area contributed by atoms with Gasteiger partial charge in [-0.15, -0.1) is 0 Å². The molecule has 7 heteroatoms. The summed E-state index contributed by atoms with van der Waals surface area (Å²) in [4.78, 5) is 37.6. The lowest BCUT2D eigenvalue weighted by Crippen LogP contribution is -2.51. The summed E-state index contributed by atoms with van der Waals surface area (Å²) in [6, 6.07) is 8.15. The summed E-state index contributed by atoms with van der Waals surface area (Å²) >= 11 is 0. The normalized spacial score (nSPS) is 18.3. The Morgan fingerprint density at radius 1 is 1.27 bits per heavy atom. The Balaban J connectivity index is 1.88. The molecule has 0 radical (unpaired) electrons. The van der Waals surface area contributed by atoms with Crippen LogP contribution >= 0.6 is 0 Å². The first-order chi connectivity index (χ1) is 12.4. The zero-order valence-corrected chi connectivity index (χ0v) is 15.2. The van der Waals surface area contributed by atoms with Gasteiger partial charge in [-0.3, -0.25) is 9.59 Å². The van der Waals surface area contributed by atoms with Crippen molar-refractivity contribution in [1.82, 2.24) is 10.2 Å². The lowest BCUT2D eigenvalue weighted by molar-refractivity contribution is -0.145. The molecule has 1 aromatic rings. The maximum Gasteiger partial charge on any atom is 0.326 e. The second-order valence-corrected chi connectivity index (χ2v) is 6.85. The Kier molecular flexibility index (Phi) is 7.00. The number of benzene rings is 1. The lowest BCUT2D eigenvalue weighted by Gasteiger charge is -2.32. The minimum Gasteiger partial charge on any atom is -0.484 e. The Hall–Kier alpha value is -2.57. The van der Waals surface area contributed by atoms with Crippen LogP contribution in [-0.2, 0) is 14.4 Å². The molecule has 1 saturated heterocycles. The van der Waals surface area contributed by atoms with Gasteiger partial charge >= 0.3 is 5.97 Å².